The molecule has 15 heavy (non-hydrogen) atoms. The second-order valence-corrected chi connectivity index (χ2v) is 3.22. The quantitative estimate of drug-likeness (QED) is 0.674. The summed E-state index contributed by atoms with van der Waals surface area (Å²) in [6.45, 7) is 3.34. The summed E-state index contributed by atoms with van der Waals surface area (Å²) in [4.78, 5) is 15.5. The third-order valence-corrected chi connectivity index (χ3v) is 2.00. The Hall–Kier alpha value is -1.47. The summed E-state index contributed by atoms with van der Waals surface area (Å²) in [5.41, 5.74) is 0. The van der Waals surface area contributed by atoms with Crippen molar-refractivity contribution in [3.05, 3.63) is 5.82 Å². The number of carbonyl (C=O) groups excluding carboxylic acids is 1. The van der Waals surface area contributed by atoms with E-state index in [2.05, 4.69) is 20.8 Å². The van der Waals surface area contributed by atoms with E-state index in [9.17, 15) is 4.79 Å². The highest BCUT2D eigenvalue weighted by Crippen LogP contribution is 2.03. The lowest BCUT2D eigenvalue weighted by Gasteiger charge is -2.21. The molecule has 2 heterocycles. The van der Waals surface area contributed by atoms with Crippen molar-refractivity contribution in [1.29, 1.82) is 0 Å². The molecule has 7 nitrogen and oxygen atoms in total. The molecule has 0 aromatic carbocycles. The smallest absolute Gasteiger partial charge is 0.328 e. The van der Waals surface area contributed by atoms with Gasteiger partial charge in [0.1, 0.15) is 6.04 Å². The van der Waals surface area contributed by atoms with Crippen molar-refractivity contribution in [2.24, 2.45) is 0 Å². The topological polar surface area (TPSA) is 89.3 Å². The molecule has 0 saturated carbocycles. The molecule has 7 heteroatoms. The number of amides is 1. The average Bonchev–Trinajstić information content (AvgIpc) is 2.65. The Morgan fingerprint density at radius 1 is 1.67 bits per heavy atom. The first-order valence-electron chi connectivity index (χ1n) is 4.68. The molecule has 0 spiro atoms. The van der Waals surface area contributed by atoms with Gasteiger partial charge in [0.05, 0.1) is 13.2 Å². The third kappa shape index (κ3) is 2.51. The second-order valence-electron chi connectivity index (χ2n) is 3.22. The molecular formula is C8H12N4O3. The second kappa shape index (κ2) is 4.37. The summed E-state index contributed by atoms with van der Waals surface area (Å²) >= 11 is 0. The Morgan fingerprint density at radius 3 is 3.13 bits per heavy atom. The van der Waals surface area contributed by atoms with Gasteiger partial charge in [-0.05, 0) is 6.92 Å². The number of aromatic nitrogens is 2. The van der Waals surface area contributed by atoms with Crippen LogP contribution in [0.2, 0.25) is 0 Å². The molecule has 1 aliphatic heterocycles. The maximum absolute atomic E-state index is 11.6. The Bertz CT molecular complexity index is 345. The Labute approximate surface area is 86.2 Å². The summed E-state index contributed by atoms with van der Waals surface area (Å²) in [5.74, 6) is 0.261. The fourth-order valence-electron chi connectivity index (χ4n) is 1.27. The lowest BCUT2D eigenvalue weighted by molar-refractivity contribution is -0.120. The molecule has 1 aromatic heterocycles. The predicted molar refractivity (Wildman–Crippen MR) is 50.3 cm³/mol. The Morgan fingerprint density at radius 2 is 2.53 bits per heavy atom. The zero-order valence-corrected chi connectivity index (χ0v) is 8.32. The Balaban J connectivity index is 1.91. The monoisotopic (exact) mass is 212 g/mol. The zero-order chi connectivity index (χ0) is 10.7. The first-order valence-corrected chi connectivity index (χ1v) is 4.68. The van der Waals surface area contributed by atoms with Gasteiger partial charge in [-0.25, -0.2) is 0 Å². The number of carbonyl (C=O) groups is 1. The highest BCUT2D eigenvalue weighted by Gasteiger charge is 2.22. The summed E-state index contributed by atoms with van der Waals surface area (Å²) in [7, 11) is 0. The fourth-order valence-corrected chi connectivity index (χ4v) is 1.27. The maximum Gasteiger partial charge on any atom is 0.328 e. The van der Waals surface area contributed by atoms with Crippen molar-refractivity contribution in [2.75, 3.05) is 25.1 Å². The number of anilines is 1. The van der Waals surface area contributed by atoms with Crippen molar-refractivity contribution in [2.45, 2.75) is 13.0 Å². The lowest BCUT2D eigenvalue weighted by atomic mass is 10.2. The molecule has 1 aliphatic rings. The minimum atomic E-state index is -0.356. The van der Waals surface area contributed by atoms with Gasteiger partial charge >= 0.3 is 6.01 Å². The zero-order valence-electron chi connectivity index (χ0n) is 8.32. The van der Waals surface area contributed by atoms with Gasteiger partial charge in [-0.1, -0.05) is 5.16 Å². The van der Waals surface area contributed by atoms with E-state index in [1.807, 2.05) is 0 Å². The van der Waals surface area contributed by atoms with Crippen molar-refractivity contribution >= 4 is 11.9 Å². The van der Waals surface area contributed by atoms with Gasteiger partial charge in [0.15, 0.2) is 5.82 Å². The molecule has 1 saturated heterocycles. The van der Waals surface area contributed by atoms with Crippen LogP contribution in [0.4, 0.5) is 6.01 Å². The maximum atomic E-state index is 11.6. The SMILES string of the molecule is Cc1noc(NC(=O)C2COCCN2)n1. The van der Waals surface area contributed by atoms with Crippen LogP contribution >= 0.6 is 0 Å². The molecule has 1 atom stereocenters. The Kier molecular flexibility index (Phi) is 2.93. The van der Waals surface area contributed by atoms with E-state index in [0.717, 1.165) is 0 Å². The van der Waals surface area contributed by atoms with Crippen LogP contribution in [0.5, 0.6) is 0 Å². The van der Waals surface area contributed by atoms with E-state index < -0.39 is 0 Å². The predicted octanol–water partition coefficient (Wildman–Crippen LogP) is -0.695. The molecule has 1 unspecified atom stereocenters. The van der Waals surface area contributed by atoms with E-state index in [4.69, 9.17) is 9.26 Å². The number of ether oxygens (including phenoxy) is 1. The van der Waals surface area contributed by atoms with E-state index in [1.165, 1.54) is 0 Å². The van der Waals surface area contributed by atoms with Gasteiger partial charge in [-0.15, -0.1) is 0 Å². The van der Waals surface area contributed by atoms with Crippen LogP contribution < -0.4 is 10.6 Å². The van der Waals surface area contributed by atoms with Gasteiger partial charge in [-0.2, -0.15) is 4.98 Å². The molecule has 0 radical (unpaired) electrons. The van der Waals surface area contributed by atoms with Gasteiger partial charge in [0, 0.05) is 6.54 Å². The molecule has 0 bridgehead atoms. The minimum absolute atomic E-state index is 0.116. The van der Waals surface area contributed by atoms with Crippen LogP contribution in [-0.4, -0.2) is 41.8 Å². The number of hydrogen-bond acceptors (Lipinski definition) is 6. The standard InChI is InChI=1S/C8H12N4O3/c1-5-10-8(15-12-5)11-7(13)6-4-14-3-2-9-6/h6,9H,2-4H2,1H3,(H,10,11,12,13). The average molecular weight is 212 g/mol. The summed E-state index contributed by atoms with van der Waals surface area (Å²) in [6, 6.07) is -0.240. The van der Waals surface area contributed by atoms with E-state index in [1.54, 1.807) is 6.92 Å². The van der Waals surface area contributed by atoms with Gasteiger partial charge in [0.25, 0.3) is 0 Å². The van der Waals surface area contributed by atoms with Crippen molar-refractivity contribution < 1.29 is 14.1 Å². The first kappa shape index (κ1) is 10.1. The van der Waals surface area contributed by atoms with Crippen LogP contribution in [0.3, 0.4) is 0 Å². The van der Waals surface area contributed by atoms with Gasteiger partial charge in [-0.3, -0.25) is 10.1 Å². The number of nitrogens with zero attached hydrogens (tertiary/aromatic N) is 2. The molecule has 0 aliphatic carbocycles. The molecule has 1 aromatic rings. The van der Waals surface area contributed by atoms with Crippen molar-refractivity contribution in [1.82, 2.24) is 15.5 Å². The summed E-state index contributed by atoms with van der Waals surface area (Å²) < 4.78 is 9.92. The van der Waals surface area contributed by atoms with Crippen molar-refractivity contribution in [3.63, 3.8) is 0 Å². The lowest BCUT2D eigenvalue weighted by Crippen LogP contribution is -2.48. The highest BCUT2D eigenvalue weighted by molar-refractivity contribution is 5.93. The third-order valence-electron chi connectivity index (χ3n) is 2.00. The fraction of sp³-hybridized carbons (Fsp3) is 0.625. The van der Waals surface area contributed by atoms with Crippen molar-refractivity contribution in [3.8, 4) is 0 Å². The molecular weight excluding hydrogens is 200 g/mol. The molecule has 2 N–H and O–H groups in total. The van der Waals surface area contributed by atoms with Crippen LogP contribution in [0.15, 0.2) is 4.52 Å². The minimum Gasteiger partial charge on any atom is -0.378 e. The van der Waals surface area contributed by atoms with Crippen LogP contribution in [0.1, 0.15) is 5.82 Å². The van der Waals surface area contributed by atoms with Crippen LogP contribution in [0, 0.1) is 6.92 Å². The van der Waals surface area contributed by atoms with Crippen LogP contribution in [-0.2, 0) is 9.53 Å². The number of aryl methyl sites for hydroxylation is 1. The number of hydrogen-bond donors (Lipinski definition) is 2. The first-order chi connectivity index (χ1) is 7.25. The van der Waals surface area contributed by atoms with Gasteiger partial charge < -0.3 is 14.6 Å². The molecule has 82 valence electrons. The number of nitrogens with one attached hydrogen (secondary N) is 2. The largest absolute Gasteiger partial charge is 0.378 e. The van der Waals surface area contributed by atoms with E-state index in [0.29, 0.717) is 25.6 Å². The van der Waals surface area contributed by atoms with Gasteiger partial charge in [0.2, 0.25) is 5.91 Å². The molecule has 1 fully saturated rings. The molecule has 2 rings (SSSR count). The molecule has 1 amide bonds. The van der Waals surface area contributed by atoms with Crippen LogP contribution in [0.25, 0.3) is 0 Å². The summed E-state index contributed by atoms with van der Waals surface area (Å²) in [6.07, 6.45) is 0. The normalized spacial score (nSPS) is 21.3. The highest BCUT2D eigenvalue weighted by atomic mass is 16.5. The number of morpholine rings is 1. The summed E-state index contributed by atoms with van der Waals surface area (Å²) in [5, 5.41) is 9.09. The number of rotatable bonds is 2. The van der Waals surface area contributed by atoms with E-state index >= 15 is 0 Å². The van der Waals surface area contributed by atoms with E-state index in [-0.39, 0.29) is 18.0 Å².